The maximum Gasteiger partial charge on any atom is 0.336 e. The number of carbonyl (C=O) groups is 3. The van der Waals surface area contributed by atoms with Crippen molar-refractivity contribution in [1.29, 1.82) is 0 Å². The Labute approximate surface area is 202 Å². The number of ketones is 1. The molecule has 1 aliphatic heterocycles. The number of fused-ring (bicyclic) bond motifs is 1. The molecule has 2 aliphatic rings. The summed E-state index contributed by atoms with van der Waals surface area (Å²) in [6, 6.07) is 9.29. The molecule has 0 radical (unpaired) electrons. The lowest BCUT2D eigenvalue weighted by Crippen LogP contribution is -2.48. The minimum atomic E-state index is -1.01. The molecule has 1 fully saturated rings. The molecule has 178 valence electrons. The lowest BCUT2D eigenvalue weighted by Gasteiger charge is -2.40. The van der Waals surface area contributed by atoms with Crippen LogP contribution in [0.4, 0.5) is 0 Å². The highest BCUT2D eigenvalue weighted by atomic mass is 32.1. The Morgan fingerprint density at radius 2 is 1.71 bits per heavy atom. The first-order chi connectivity index (χ1) is 16.3. The average Bonchev–Trinajstić information content (AvgIpc) is 3.27. The standard InChI is InChI=1S/C26H27NO6S/c1-13-10-11-34-24(13)22-19(25(29)32-4)14(2)27-18-12-17(15-6-8-16(31-3)9-7-15)20(26(30)33-5)23(28)21(18)22/h6-11,17,20-22H,12H2,1-5H3/t17-,20-,21?,22-/m0/s1. The smallest absolute Gasteiger partial charge is 0.336 e. The number of hydrogen-bond acceptors (Lipinski definition) is 8. The Balaban J connectivity index is 1.88. The van der Waals surface area contributed by atoms with Gasteiger partial charge in [-0.3, -0.25) is 14.6 Å². The molecule has 7 nitrogen and oxygen atoms in total. The zero-order chi connectivity index (χ0) is 24.6. The molecule has 34 heavy (non-hydrogen) atoms. The number of aryl methyl sites for hydroxylation is 1. The summed E-state index contributed by atoms with van der Waals surface area (Å²) in [7, 11) is 4.19. The van der Waals surface area contributed by atoms with Crippen LogP contribution in [0.25, 0.3) is 0 Å². The van der Waals surface area contributed by atoms with Crippen molar-refractivity contribution in [1.82, 2.24) is 0 Å². The molecule has 1 aromatic carbocycles. The molecule has 1 aromatic heterocycles. The fourth-order valence-corrected chi connectivity index (χ4v) is 6.18. The summed E-state index contributed by atoms with van der Waals surface area (Å²) in [5.41, 5.74) is 3.38. The molecular formula is C26H27NO6S. The predicted octanol–water partition coefficient (Wildman–Crippen LogP) is 4.21. The van der Waals surface area contributed by atoms with Crippen LogP contribution in [0.1, 0.15) is 41.2 Å². The molecule has 1 aliphatic carbocycles. The summed E-state index contributed by atoms with van der Waals surface area (Å²) >= 11 is 1.48. The van der Waals surface area contributed by atoms with Gasteiger partial charge in [-0.2, -0.15) is 0 Å². The Bertz CT molecular complexity index is 1190. The summed E-state index contributed by atoms with van der Waals surface area (Å²) in [4.78, 5) is 45.5. The van der Waals surface area contributed by atoms with E-state index in [0.29, 0.717) is 29.2 Å². The highest BCUT2D eigenvalue weighted by molar-refractivity contribution is 7.10. The van der Waals surface area contributed by atoms with E-state index in [1.165, 1.54) is 25.6 Å². The zero-order valence-corrected chi connectivity index (χ0v) is 20.6. The second-order valence-corrected chi connectivity index (χ2v) is 9.45. The van der Waals surface area contributed by atoms with E-state index in [4.69, 9.17) is 19.2 Å². The van der Waals surface area contributed by atoms with Gasteiger partial charge in [-0.25, -0.2) is 4.79 Å². The van der Waals surface area contributed by atoms with Crippen LogP contribution in [0.3, 0.4) is 0 Å². The number of rotatable bonds is 5. The van der Waals surface area contributed by atoms with E-state index >= 15 is 0 Å². The predicted molar refractivity (Wildman–Crippen MR) is 128 cm³/mol. The quantitative estimate of drug-likeness (QED) is 0.469. The van der Waals surface area contributed by atoms with E-state index in [2.05, 4.69) is 0 Å². The van der Waals surface area contributed by atoms with Gasteiger partial charge in [0.15, 0.2) is 5.78 Å². The number of carbonyl (C=O) groups excluding carboxylic acids is 3. The van der Waals surface area contributed by atoms with Crippen LogP contribution in [0.15, 0.2) is 52.0 Å². The van der Waals surface area contributed by atoms with E-state index in [9.17, 15) is 14.4 Å². The van der Waals surface area contributed by atoms with Gasteiger partial charge < -0.3 is 14.2 Å². The van der Waals surface area contributed by atoms with Crippen molar-refractivity contribution in [2.45, 2.75) is 32.1 Å². The monoisotopic (exact) mass is 481 g/mol. The van der Waals surface area contributed by atoms with Crippen LogP contribution in [-0.4, -0.2) is 44.8 Å². The third-order valence-electron chi connectivity index (χ3n) is 6.74. The van der Waals surface area contributed by atoms with E-state index < -0.39 is 35.6 Å². The van der Waals surface area contributed by atoms with Crippen molar-refractivity contribution in [2.75, 3.05) is 21.3 Å². The van der Waals surface area contributed by atoms with Crippen molar-refractivity contribution in [2.24, 2.45) is 16.8 Å². The van der Waals surface area contributed by atoms with Crippen LogP contribution in [0, 0.1) is 18.8 Å². The van der Waals surface area contributed by atoms with Crippen LogP contribution in [0.2, 0.25) is 0 Å². The number of esters is 2. The normalized spacial score (nSPS) is 24.3. The summed E-state index contributed by atoms with van der Waals surface area (Å²) in [6.07, 6.45) is 0.398. The molecule has 0 bridgehead atoms. The van der Waals surface area contributed by atoms with Gasteiger partial charge in [0.05, 0.1) is 32.8 Å². The SMILES string of the molecule is COC(=O)C1=C(C)N=C2C[C@@H](c3ccc(OC)cc3)[C@H](C(=O)OC)C(=O)C2[C@H]1c1sccc1C. The van der Waals surface area contributed by atoms with Gasteiger partial charge >= 0.3 is 11.9 Å². The minimum Gasteiger partial charge on any atom is -0.497 e. The van der Waals surface area contributed by atoms with Crippen LogP contribution in [-0.2, 0) is 23.9 Å². The average molecular weight is 482 g/mol. The van der Waals surface area contributed by atoms with Gasteiger partial charge in [0.25, 0.3) is 0 Å². The Hall–Kier alpha value is -3.26. The van der Waals surface area contributed by atoms with E-state index in [0.717, 1.165) is 16.0 Å². The molecule has 0 amide bonds. The Morgan fingerprint density at radius 3 is 2.26 bits per heavy atom. The maximum absolute atomic E-state index is 14.1. The first kappa shape index (κ1) is 23.9. The third-order valence-corrected chi connectivity index (χ3v) is 7.84. The maximum atomic E-state index is 14.1. The second-order valence-electron chi connectivity index (χ2n) is 8.50. The molecule has 1 unspecified atom stereocenters. The van der Waals surface area contributed by atoms with Crippen molar-refractivity contribution in [3.05, 3.63) is 63.0 Å². The zero-order valence-electron chi connectivity index (χ0n) is 19.8. The minimum absolute atomic E-state index is 0.288. The van der Waals surface area contributed by atoms with Crippen molar-refractivity contribution < 1.29 is 28.6 Å². The molecule has 0 N–H and O–H groups in total. The number of aliphatic imine (C=N–C) groups is 1. The van der Waals surface area contributed by atoms with Crippen molar-refractivity contribution in [3.63, 3.8) is 0 Å². The van der Waals surface area contributed by atoms with E-state index in [1.54, 1.807) is 26.2 Å². The highest BCUT2D eigenvalue weighted by Crippen LogP contribution is 2.49. The molecule has 1 saturated carbocycles. The van der Waals surface area contributed by atoms with Gasteiger partial charge in [-0.1, -0.05) is 12.1 Å². The molecule has 2 aromatic rings. The molecule has 8 heteroatoms. The molecule has 4 atom stereocenters. The van der Waals surface area contributed by atoms with Gasteiger partial charge in [-0.15, -0.1) is 11.3 Å². The summed E-state index contributed by atoms with van der Waals surface area (Å²) < 4.78 is 15.4. The molecule has 4 rings (SSSR count). The third kappa shape index (κ3) is 3.96. The van der Waals surface area contributed by atoms with Crippen molar-refractivity contribution in [3.8, 4) is 5.75 Å². The summed E-state index contributed by atoms with van der Waals surface area (Å²) in [5, 5.41) is 1.94. The number of methoxy groups -OCH3 is 3. The van der Waals surface area contributed by atoms with Gasteiger partial charge in [0.1, 0.15) is 11.7 Å². The lowest BCUT2D eigenvalue weighted by atomic mass is 9.63. The fraction of sp³-hybridized carbons (Fsp3) is 0.385. The number of ether oxygens (including phenoxy) is 3. The van der Waals surface area contributed by atoms with Crippen LogP contribution < -0.4 is 4.74 Å². The van der Waals surface area contributed by atoms with Crippen LogP contribution >= 0.6 is 11.3 Å². The Morgan fingerprint density at radius 1 is 1.00 bits per heavy atom. The second kappa shape index (κ2) is 9.54. The highest BCUT2D eigenvalue weighted by Gasteiger charge is 2.53. The largest absolute Gasteiger partial charge is 0.497 e. The first-order valence-electron chi connectivity index (χ1n) is 11.0. The molecule has 0 spiro atoms. The van der Waals surface area contributed by atoms with Crippen LogP contribution in [0.5, 0.6) is 5.75 Å². The molecular weight excluding hydrogens is 454 g/mol. The summed E-state index contributed by atoms with van der Waals surface area (Å²) in [5.74, 6) is -3.45. The number of hydrogen-bond donors (Lipinski definition) is 0. The van der Waals surface area contributed by atoms with Gasteiger partial charge in [0.2, 0.25) is 0 Å². The van der Waals surface area contributed by atoms with E-state index in [-0.39, 0.29) is 5.78 Å². The fourth-order valence-electron chi connectivity index (χ4n) is 5.10. The van der Waals surface area contributed by atoms with Gasteiger partial charge in [-0.05, 0) is 55.0 Å². The molecule has 2 heterocycles. The number of allylic oxidation sites excluding steroid dienone is 1. The number of Topliss-reactive ketones (excluding diaryl/α,β-unsaturated/α-hetero) is 1. The van der Waals surface area contributed by atoms with E-state index in [1.807, 2.05) is 30.5 Å². The number of nitrogens with zero attached hydrogens (tertiary/aromatic N) is 1. The van der Waals surface area contributed by atoms with Crippen molar-refractivity contribution >= 4 is 34.8 Å². The number of thiophene rings is 1. The Kier molecular flexibility index (Phi) is 6.70. The summed E-state index contributed by atoms with van der Waals surface area (Å²) in [6.45, 7) is 3.72. The lowest BCUT2D eigenvalue weighted by molar-refractivity contribution is -0.151. The molecule has 0 saturated heterocycles. The number of benzene rings is 1. The van der Waals surface area contributed by atoms with Gasteiger partial charge in [0, 0.05) is 28.1 Å². The first-order valence-corrected chi connectivity index (χ1v) is 11.9. The topological polar surface area (TPSA) is 91.3 Å².